The number of aromatic nitrogens is 2. The molecule has 9 nitrogen and oxygen atoms in total. The molecule has 3 rings (SSSR count). The van der Waals surface area contributed by atoms with E-state index in [2.05, 4.69) is 32.2 Å². The maximum Gasteiger partial charge on any atom is 0.227 e. The van der Waals surface area contributed by atoms with Crippen molar-refractivity contribution in [1.82, 2.24) is 14.9 Å². The van der Waals surface area contributed by atoms with E-state index in [0.717, 1.165) is 32.0 Å². The van der Waals surface area contributed by atoms with Crippen LogP contribution in [-0.2, 0) is 6.61 Å². The molecule has 0 radical (unpaired) electrons. The Morgan fingerprint density at radius 1 is 1.18 bits per heavy atom. The van der Waals surface area contributed by atoms with Crippen LogP contribution >= 0.6 is 0 Å². The van der Waals surface area contributed by atoms with Gasteiger partial charge in [-0.2, -0.15) is 0 Å². The number of ether oxygens (including phenoxy) is 3. The van der Waals surface area contributed by atoms with Crippen LogP contribution in [0.2, 0.25) is 0 Å². The van der Waals surface area contributed by atoms with E-state index in [1.165, 1.54) is 32.8 Å². The summed E-state index contributed by atoms with van der Waals surface area (Å²) in [5.41, 5.74) is 5.98. The summed E-state index contributed by atoms with van der Waals surface area (Å²) in [6.07, 6.45) is 8.09. The first-order valence-electron chi connectivity index (χ1n) is 10.5. The number of likely N-dealkylation sites (tertiary alicyclic amines) is 1. The minimum absolute atomic E-state index is 0.145. The predicted octanol–water partition coefficient (Wildman–Crippen LogP) is 0.809. The Labute approximate surface area is 191 Å². The Kier molecular flexibility index (Phi) is 8.36. The lowest BCUT2D eigenvalue weighted by molar-refractivity contribution is -0.502. The smallest absolute Gasteiger partial charge is 0.227 e. The summed E-state index contributed by atoms with van der Waals surface area (Å²) in [5, 5.41) is 3.00. The van der Waals surface area contributed by atoms with Gasteiger partial charge in [0.25, 0.3) is 0 Å². The fourth-order valence-corrected chi connectivity index (χ4v) is 3.31. The SMILES string of the molecule is COc1cc(OC)c(F)c(COc2cnc(N/C(C=[NH+]C3CCN(C)CC3)=C/N)nc2)c1F. The van der Waals surface area contributed by atoms with Crippen LogP contribution in [0.25, 0.3) is 0 Å². The second-order valence-electron chi connectivity index (χ2n) is 7.55. The molecule has 2 heterocycles. The Morgan fingerprint density at radius 3 is 2.33 bits per heavy atom. The van der Waals surface area contributed by atoms with Gasteiger partial charge in [0.05, 0.1) is 32.2 Å². The predicted molar refractivity (Wildman–Crippen MR) is 119 cm³/mol. The van der Waals surface area contributed by atoms with E-state index >= 15 is 0 Å². The van der Waals surface area contributed by atoms with Gasteiger partial charge in [-0.15, -0.1) is 0 Å². The lowest BCUT2D eigenvalue weighted by Crippen LogP contribution is -2.78. The van der Waals surface area contributed by atoms with E-state index in [0.29, 0.717) is 17.7 Å². The number of rotatable bonds is 9. The number of anilines is 1. The average Bonchev–Trinajstić information content (AvgIpc) is 2.83. The highest BCUT2D eigenvalue weighted by Crippen LogP contribution is 2.31. The zero-order valence-electron chi connectivity index (χ0n) is 18.9. The van der Waals surface area contributed by atoms with Gasteiger partial charge in [0.2, 0.25) is 5.95 Å². The third kappa shape index (κ3) is 6.28. The monoisotopic (exact) mass is 463 g/mol. The second kappa shape index (κ2) is 11.4. The van der Waals surface area contributed by atoms with Crippen molar-refractivity contribution in [1.29, 1.82) is 0 Å². The van der Waals surface area contributed by atoms with Crippen molar-refractivity contribution in [3.63, 3.8) is 0 Å². The Morgan fingerprint density at radius 2 is 1.79 bits per heavy atom. The standard InChI is InChI=1S/C22H28F2N6O3/c1-30-6-4-14(5-7-30)26-10-15(9-25)29-22-27-11-16(12-28-22)33-13-17-20(23)18(31-2)8-19(32-3)21(17)24/h8-12,14H,4-7,13,25H2,1-3H3,(H,27,28,29)/p+1/b15-9+,26-10?. The molecule has 4 N–H and O–H groups in total. The average molecular weight is 464 g/mol. The number of methoxy groups -OCH3 is 2. The molecule has 1 aliphatic heterocycles. The molecule has 0 bridgehead atoms. The third-order valence-electron chi connectivity index (χ3n) is 5.30. The van der Waals surface area contributed by atoms with E-state index in [4.69, 9.17) is 19.9 Å². The highest BCUT2D eigenvalue weighted by atomic mass is 19.1. The summed E-state index contributed by atoms with van der Waals surface area (Å²) in [4.78, 5) is 14.0. The van der Waals surface area contributed by atoms with Crippen LogP contribution in [0.1, 0.15) is 18.4 Å². The van der Waals surface area contributed by atoms with E-state index in [-0.39, 0.29) is 22.8 Å². The van der Waals surface area contributed by atoms with Crippen LogP contribution in [0.3, 0.4) is 0 Å². The molecule has 0 atom stereocenters. The summed E-state index contributed by atoms with van der Waals surface area (Å²) in [5.74, 6) is -1.49. The summed E-state index contributed by atoms with van der Waals surface area (Å²) in [6.45, 7) is 1.69. The molecule has 2 aromatic rings. The third-order valence-corrected chi connectivity index (χ3v) is 5.30. The molecule has 1 aromatic heterocycles. The first-order chi connectivity index (χ1) is 15.9. The number of allylic oxidation sites excluding steroid dienone is 1. The largest absolute Gasteiger partial charge is 0.494 e. The number of benzene rings is 1. The lowest BCUT2D eigenvalue weighted by atomic mass is 10.1. The van der Waals surface area contributed by atoms with Crippen molar-refractivity contribution < 1.29 is 28.0 Å². The van der Waals surface area contributed by atoms with Gasteiger partial charge in [0.1, 0.15) is 12.3 Å². The molecule has 33 heavy (non-hydrogen) atoms. The Hall–Kier alpha value is -3.47. The zero-order chi connectivity index (χ0) is 23.8. The maximum atomic E-state index is 14.5. The topological polar surface area (TPSA) is 109 Å². The fourth-order valence-electron chi connectivity index (χ4n) is 3.31. The summed E-state index contributed by atoms with van der Waals surface area (Å²) in [7, 11) is 4.67. The number of piperidine rings is 1. The summed E-state index contributed by atoms with van der Waals surface area (Å²) >= 11 is 0. The molecular formula is C22H29F2N6O3+. The van der Waals surface area contributed by atoms with Gasteiger partial charge >= 0.3 is 0 Å². The highest BCUT2D eigenvalue weighted by molar-refractivity contribution is 5.77. The molecule has 0 aliphatic carbocycles. The van der Waals surface area contributed by atoms with Crippen molar-refractivity contribution in [3.8, 4) is 17.2 Å². The number of halogens is 2. The van der Waals surface area contributed by atoms with E-state index in [1.54, 1.807) is 6.21 Å². The van der Waals surface area contributed by atoms with Gasteiger partial charge < -0.3 is 30.2 Å². The molecule has 0 unspecified atom stereocenters. The normalized spacial score (nSPS) is 15.6. The quantitative estimate of drug-likeness (QED) is 0.469. The molecule has 178 valence electrons. The number of nitrogens with one attached hydrogen (secondary N) is 2. The van der Waals surface area contributed by atoms with Gasteiger partial charge in [0, 0.05) is 38.2 Å². The first-order valence-corrected chi connectivity index (χ1v) is 10.5. The van der Waals surface area contributed by atoms with Crippen LogP contribution in [-0.4, -0.2) is 61.5 Å². The van der Waals surface area contributed by atoms with E-state index in [9.17, 15) is 8.78 Å². The molecule has 0 spiro atoms. The Bertz CT molecular complexity index is 964. The minimum Gasteiger partial charge on any atom is -0.494 e. The molecule has 1 aromatic carbocycles. The number of nitrogens with two attached hydrogens (primary N) is 1. The van der Waals surface area contributed by atoms with Crippen LogP contribution in [0.4, 0.5) is 14.7 Å². The second-order valence-corrected chi connectivity index (χ2v) is 7.55. The summed E-state index contributed by atoms with van der Waals surface area (Å²) in [6, 6.07) is 1.52. The molecule has 0 amide bonds. The van der Waals surface area contributed by atoms with Crippen molar-refractivity contribution >= 4 is 12.2 Å². The van der Waals surface area contributed by atoms with E-state index in [1.807, 2.05) is 0 Å². The number of hydrogen-bond acceptors (Lipinski definition) is 8. The van der Waals surface area contributed by atoms with Crippen molar-refractivity contribution in [2.24, 2.45) is 5.73 Å². The number of hydrogen-bond donors (Lipinski definition) is 3. The molecule has 1 saturated heterocycles. The van der Waals surface area contributed by atoms with Crippen molar-refractivity contribution in [2.45, 2.75) is 25.5 Å². The molecule has 1 aliphatic rings. The van der Waals surface area contributed by atoms with Crippen LogP contribution < -0.4 is 30.3 Å². The van der Waals surface area contributed by atoms with E-state index < -0.39 is 18.2 Å². The maximum absolute atomic E-state index is 14.5. The van der Waals surface area contributed by atoms with Gasteiger partial charge in [-0.3, -0.25) is 0 Å². The van der Waals surface area contributed by atoms with Gasteiger partial charge in [-0.1, -0.05) is 0 Å². The van der Waals surface area contributed by atoms with Gasteiger partial charge in [-0.25, -0.2) is 23.7 Å². The van der Waals surface area contributed by atoms with Gasteiger partial charge in [0.15, 0.2) is 41.1 Å². The van der Waals surface area contributed by atoms with Gasteiger partial charge in [-0.05, 0) is 7.05 Å². The van der Waals surface area contributed by atoms with Crippen LogP contribution in [0, 0.1) is 11.6 Å². The lowest BCUT2D eigenvalue weighted by Gasteiger charge is -2.23. The molecule has 1 fully saturated rings. The first kappa shape index (κ1) is 24.2. The number of nitrogens with zero attached hydrogens (tertiary/aromatic N) is 3. The fraction of sp³-hybridized carbons (Fsp3) is 0.409. The Balaban J connectivity index is 1.60. The molecule has 0 saturated carbocycles. The van der Waals surface area contributed by atoms with Crippen LogP contribution in [0.15, 0.2) is 30.4 Å². The van der Waals surface area contributed by atoms with Crippen LogP contribution in [0.5, 0.6) is 17.2 Å². The molecule has 11 heteroatoms. The highest BCUT2D eigenvalue weighted by Gasteiger charge is 2.21. The summed E-state index contributed by atoms with van der Waals surface area (Å²) < 4.78 is 44.2. The van der Waals surface area contributed by atoms with Crippen molar-refractivity contribution in [3.05, 3.63) is 47.6 Å². The zero-order valence-corrected chi connectivity index (χ0v) is 18.9. The molecular weight excluding hydrogens is 434 g/mol. The van der Waals surface area contributed by atoms with Crippen molar-refractivity contribution in [2.75, 3.05) is 39.7 Å². The minimum atomic E-state index is -0.861.